The summed E-state index contributed by atoms with van der Waals surface area (Å²) in [4.78, 5) is 8.76. The van der Waals surface area contributed by atoms with Crippen LogP contribution in [0.5, 0.6) is 5.88 Å². The van der Waals surface area contributed by atoms with Gasteiger partial charge in [-0.05, 0) is 26.0 Å². The molecule has 0 aliphatic carbocycles. The molecule has 3 rings (SSSR count). The number of thioether (sulfide) groups is 1. The molecule has 0 amide bonds. The Morgan fingerprint density at radius 2 is 1.97 bits per heavy atom. The number of rotatable bonds is 13. The lowest BCUT2D eigenvalue weighted by Gasteiger charge is -2.20. The van der Waals surface area contributed by atoms with Crippen LogP contribution >= 0.6 is 11.8 Å². The first-order chi connectivity index (χ1) is 15.1. The van der Waals surface area contributed by atoms with Gasteiger partial charge in [0.1, 0.15) is 18.3 Å². The Bertz CT molecular complexity index is 824. The quantitative estimate of drug-likeness (QED) is 0.330. The van der Waals surface area contributed by atoms with Gasteiger partial charge in [-0.2, -0.15) is 4.98 Å². The Balaban J connectivity index is 1.86. The van der Waals surface area contributed by atoms with Gasteiger partial charge in [-0.1, -0.05) is 38.5 Å². The number of nitrogens with zero attached hydrogens (tertiary/aromatic N) is 4. The molecule has 1 saturated heterocycles. The largest absolute Gasteiger partial charge is 0.475 e. The van der Waals surface area contributed by atoms with E-state index in [2.05, 4.69) is 28.9 Å². The molecular weight excluding hydrogens is 423 g/mol. The SMILES string of the molecule is CCCCOC[C@H]1OC(c2cnc3c(OCC)nc(SC)nn23)[C@H](F)[C@@H]1OCCCC. The average Bonchev–Trinajstić information content (AvgIpc) is 3.33. The fourth-order valence-corrected chi connectivity index (χ4v) is 3.80. The summed E-state index contributed by atoms with van der Waals surface area (Å²) in [5, 5.41) is 5.01. The summed E-state index contributed by atoms with van der Waals surface area (Å²) < 4.78 is 40.6. The van der Waals surface area contributed by atoms with Gasteiger partial charge < -0.3 is 18.9 Å². The number of halogens is 1. The minimum atomic E-state index is -1.36. The predicted octanol–water partition coefficient (Wildman–Crippen LogP) is 4.02. The van der Waals surface area contributed by atoms with Crippen LogP contribution < -0.4 is 4.74 Å². The van der Waals surface area contributed by atoms with Crippen molar-refractivity contribution in [2.24, 2.45) is 0 Å². The second-order valence-electron chi connectivity index (χ2n) is 7.41. The van der Waals surface area contributed by atoms with Crippen LogP contribution in [0.25, 0.3) is 5.65 Å². The van der Waals surface area contributed by atoms with Gasteiger partial charge in [0.15, 0.2) is 6.17 Å². The zero-order valence-corrected chi connectivity index (χ0v) is 19.6. The zero-order valence-electron chi connectivity index (χ0n) is 18.8. The third kappa shape index (κ3) is 5.66. The van der Waals surface area contributed by atoms with Crippen molar-refractivity contribution < 1.29 is 23.3 Å². The maximum absolute atomic E-state index is 15.6. The van der Waals surface area contributed by atoms with Crippen molar-refractivity contribution in [1.82, 2.24) is 19.6 Å². The van der Waals surface area contributed by atoms with Crippen molar-refractivity contribution in [3.05, 3.63) is 11.9 Å². The Morgan fingerprint density at radius 3 is 2.68 bits per heavy atom. The first-order valence-electron chi connectivity index (χ1n) is 11.1. The smallest absolute Gasteiger partial charge is 0.262 e. The first kappa shape index (κ1) is 24.2. The van der Waals surface area contributed by atoms with E-state index in [0.29, 0.717) is 48.8 Å². The lowest BCUT2D eigenvalue weighted by molar-refractivity contribution is -0.0673. The van der Waals surface area contributed by atoms with E-state index >= 15 is 4.39 Å². The van der Waals surface area contributed by atoms with E-state index in [0.717, 1.165) is 25.7 Å². The average molecular weight is 457 g/mol. The minimum Gasteiger partial charge on any atom is -0.475 e. The number of ether oxygens (including phenoxy) is 4. The molecule has 2 aromatic rings. The summed E-state index contributed by atoms with van der Waals surface area (Å²) in [6.45, 7) is 7.90. The monoisotopic (exact) mass is 456 g/mol. The molecule has 0 aromatic carbocycles. The molecule has 0 saturated carbocycles. The number of hydrogen-bond donors (Lipinski definition) is 0. The highest BCUT2D eigenvalue weighted by molar-refractivity contribution is 7.98. The predicted molar refractivity (Wildman–Crippen MR) is 117 cm³/mol. The number of hydrogen-bond acceptors (Lipinski definition) is 8. The molecule has 8 nitrogen and oxygen atoms in total. The summed E-state index contributed by atoms with van der Waals surface area (Å²) in [5.41, 5.74) is 0.956. The topological polar surface area (TPSA) is 80.0 Å². The third-order valence-electron chi connectivity index (χ3n) is 5.12. The number of aromatic nitrogens is 4. The standard InChI is InChI=1S/C21H33FN4O4S/c1-5-8-10-27-13-15-18(29-11-9-6-2)16(22)17(30-15)14-12-23-19-20(28-7-3)24-21(31-4)25-26(14)19/h12,15-18H,5-11,13H2,1-4H3/t15-,16+,17?,18-/m1/s1. The number of imidazole rings is 1. The van der Waals surface area contributed by atoms with Crippen LogP contribution in [0.15, 0.2) is 11.4 Å². The second kappa shape index (κ2) is 11.9. The van der Waals surface area contributed by atoms with Gasteiger partial charge in [0.05, 0.1) is 25.1 Å². The lowest BCUT2D eigenvalue weighted by atomic mass is 10.1. The molecule has 0 spiro atoms. The first-order valence-corrected chi connectivity index (χ1v) is 12.3. The molecule has 174 valence electrons. The normalized spacial score (nSPS) is 23.6. The van der Waals surface area contributed by atoms with Crippen molar-refractivity contribution >= 4 is 17.4 Å². The second-order valence-corrected chi connectivity index (χ2v) is 8.19. The van der Waals surface area contributed by atoms with Gasteiger partial charge in [-0.3, -0.25) is 0 Å². The molecule has 1 aliphatic rings. The summed E-state index contributed by atoms with van der Waals surface area (Å²) in [7, 11) is 0. The number of alkyl halides is 1. The van der Waals surface area contributed by atoms with Crippen molar-refractivity contribution in [3.8, 4) is 5.88 Å². The fourth-order valence-electron chi connectivity index (χ4n) is 3.46. The van der Waals surface area contributed by atoms with Crippen LogP contribution in [-0.4, -0.2) is 70.6 Å². The maximum Gasteiger partial charge on any atom is 0.262 e. The molecule has 3 heterocycles. The van der Waals surface area contributed by atoms with Crippen LogP contribution in [-0.2, 0) is 14.2 Å². The van der Waals surface area contributed by atoms with Crippen molar-refractivity contribution in [2.75, 3.05) is 32.7 Å². The molecule has 4 atom stereocenters. The van der Waals surface area contributed by atoms with E-state index in [-0.39, 0.29) is 0 Å². The summed E-state index contributed by atoms with van der Waals surface area (Å²) >= 11 is 1.38. The van der Waals surface area contributed by atoms with Crippen LogP contribution in [0, 0.1) is 0 Å². The van der Waals surface area contributed by atoms with Crippen molar-refractivity contribution in [2.45, 2.75) is 76.1 Å². The van der Waals surface area contributed by atoms with Gasteiger partial charge in [0.2, 0.25) is 10.8 Å². The number of unbranched alkanes of at least 4 members (excludes halogenated alkanes) is 2. The molecule has 31 heavy (non-hydrogen) atoms. The summed E-state index contributed by atoms with van der Waals surface area (Å²) in [6, 6.07) is 0. The molecular formula is C21H33FN4O4S. The molecule has 2 aromatic heterocycles. The highest BCUT2D eigenvalue weighted by atomic mass is 32.2. The Hall–Kier alpha value is -1.49. The molecule has 10 heteroatoms. The Morgan fingerprint density at radius 1 is 1.19 bits per heavy atom. The molecule has 0 N–H and O–H groups in total. The van der Waals surface area contributed by atoms with Crippen LogP contribution in [0.2, 0.25) is 0 Å². The van der Waals surface area contributed by atoms with E-state index in [1.165, 1.54) is 11.8 Å². The zero-order chi connectivity index (χ0) is 22.2. The van der Waals surface area contributed by atoms with Crippen LogP contribution in [0.1, 0.15) is 58.3 Å². The van der Waals surface area contributed by atoms with Crippen LogP contribution in [0.4, 0.5) is 4.39 Å². The summed E-state index contributed by atoms with van der Waals surface area (Å²) in [6.07, 6.45) is 3.89. The van der Waals surface area contributed by atoms with Gasteiger partial charge in [0, 0.05) is 13.2 Å². The molecule has 1 unspecified atom stereocenters. The Kier molecular flexibility index (Phi) is 9.30. The summed E-state index contributed by atoms with van der Waals surface area (Å²) in [5.74, 6) is 0.372. The highest BCUT2D eigenvalue weighted by Crippen LogP contribution is 2.38. The maximum atomic E-state index is 15.6. The van der Waals surface area contributed by atoms with E-state index in [1.807, 2.05) is 13.2 Å². The van der Waals surface area contributed by atoms with E-state index in [4.69, 9.17) is 18.9 Å². The lowest BCUT2D eigenvalue weighted by Crippen LogP contribution is -2.34. The van der Waals surface area contributed by atoms with Crippen molar-refractivity contribution in [1.29, 1.82) is 0 Å². The Labute approximate surface area is 187 Å². The van der Waals surface area contributed by atoms with E-state index < -0.39 is 24.5 Å². The van der Waals surface area contributed by atoms with E-state index in [9.17, 15) is 0 Å². The van der Waals surface area contributed by atoms with Crippen LogP contribution in [0.3, 0.4) is 0 Å². The minimum absolute atomic E-state index is 0.291. The van der Waals surface area contributed by atoms with E-state index in [1.54, 1.807) is 10.7 Å². The molecule has 0 radical (unpaired) electrons. The number of fused-ring (bicyclic) bond motifs is 1. The van der Waals surface area contributed by atoms with Gasteiger partial charge in [-0.25, -0.2) is 13.9 Å². The molecule has 1 aliphatic heterocycles. The fraction of sp³-hybridized carbons (Fsp3) is 0.762. The highest BCUT2D eigenvalue weighted by Gasteiger charge is 2.48. The van der Waals surface area contributed by atoms with Gasteiger partial charge >= 0.3 is 0 Å². The van der Waals surface area contributed by atoms with Gasteiger partial charge in [-0.15, -0.1) is 5.10 Å². The van der Waals surface area contributed by atoms with Gasteiger partial charge in [0.25, 0.3) is 5.88 Å². The molecule has 1 fully saturated rings. The third-order valence-corrected chi connectivity index (χ3v) is 5.65. The molecule has 0 bridgehead atoms. The van der Waals surface area contributed by atoms with Crippen molar-refractivity contribution in [3.63, 3.8) is 0 Å².